The number of alkyl halides is 3. The fourth-order valence-corrected chi connectivity index (χ4v) is 3.62. The van der Waals surface area contributed by atoms with E-state index in [9.17, 15) is 23.3 Å². The Labute approximate surface area is 181 Å². The number of halogens is 3. The molecule has 10 nitrogen and oxygen atoms in total. The van der Waals surface area contributed by atoms with Gasteiger partial charge in [0.15, 0.2) is 6.61 Å². The molecule has 0 aliphatic heterocycles. The Balaban J connectivity index is 1.76. The lowest BCUT2D eigenvalue weighted by Crippen LogP contribution is -2.27. The Bertz CT molecular complexity index is 950. The molecule has 0 bridgehead atoms. The van der Waals surface area contributed by atoms with Crippen LogP contribution in [0, 0.1) is 16.0 Å². The minimum absolute atomic E-state index is 0.0179. The van der Waals surface area contributed by atoms with Gasteiger partial charge in [-0.05, 0) is 44.1 Å². The number of pyridine rings is 1. The highest BCUT2D eigenvalue weighted by molar-refractivity contribution is 5.58. The summed E-state index contributed by atoms with van der Waals surface area (Å²) in [5.41, 5.74) is 12.0. The number of nitrogen functional groups attached to an aromatic ring is 1. The molecule has 0 atom stereocenters. The number of nitrogens with two attached hydrogens (primary N) is 2. The van der Waals surface area contributed by atoms with Gasteiger partial charge in [0, 0.05) is 24.3 Å². The lowest BCUT2D eigenvalue weighted by molar-refractivity contribution is -0.385. The van der Waals surface area contributed by atoms with E-state index in [0.717, 1.165) is 25.7 Å². The molecule has 0 amide bonds. The molecular weight excluding hydrogens is 431 g/mol. The molecule has 174 valence electrons. The minimum Gasteiger partial charge on any atom is -0.468 e. The maximum Gasteiger partial charge on any atom is 0.422 e. The summed E-state index contributed by atoms with van der Waals surface area (Å²) in [6.45, 7) is -1.50. The third-order valence-electron chi connectivity index (χ3n) is 5.20. The number of hydrogen-bond donors (Lipinski definition) is 3. The van der Waals surface area contributed by atoms with E-state index in [1.807, 2.05) is 0 Å². The number of nitrogens with one attached hydrogen (secondary N) is 1. The van der Waals surface area contributed by atoms with Crippen LogP contribution in [-0.4, -0.2) is 38.7 Å². The Morgan fingerprint density at radius 2 is 1.97 bits per heavy atom. The van der Waals surface area contributed by atoms with Crippen LogP contribution in [0.2, 0.25) is 0 Å². The first-order valence-corrected chi connectivity index (χ1v) is 10.1. The number of aromatic nitrogens is 3. The van der Waals surface area contributed by atoms with Gasteiger partial charge in [-0.15, -0.1) is 0 Å². The zero-order valence-corrected chi connectivity index (χ0v) is 17.1. The van der Waals surface area contributed by atoms with Gasteiger partial charge in [0.05, 0.1) is 4.92 Å². The van der Waals surface area contributed by atoms with Crippen molar-refractivity contribution < 1.29 is 22.8 Å². The highest BCUT2D eigenvalue weighted by Crippen LogP contribution is 2.32. The normalized spacial score (nSPS) is 18.9. The van der Waals surface area contributed by atoms with Gasteiger partial charge in [0.25, 0.3) is 0 Å². The summed E-state index contributed by atoms with van der Waals surface area (Å²) in [6.07, 6.45) is 0.510. The second-order valence-corrected chi connectivity index (χ2v) is 7.69. The van der Waals surface area contributed by atoms with Crippen molar-refractivity contribution in [2.45, 2.75) is 50.9 Å². The molecule has 1 saturated carbocycles. The van der Waals surface area contributed by atoms with E-state index in [0.29, 0.717) is 12.0 Å². The molecule has 0 unspecified atom stereocenters. The maximum absolute atomic E-state index is 12.5. The first-order chi connectivity index (χ1) is 15.1. The molecule has 1 aliphatic carbocycles. The molecule has 13 heteroatoms. The highest BCUT2D eigenvalue weighted by atomic mass is 19.4. The van der Waals surface area contributed by atoms with Crippen molar-refractivity contribution in [2.75, 3.05) is 17.7 Å². The lowest BCUT2D eigenvalue weighted by atomic mass is 9.83. The Morgan fingerprint density at radius 1 is 1.25 bits per heavy atom. The molecule has 2 aromatic heterocycles. The molecule has 3 rings (SSSR count). The van der Waals surface area contributed by atoms with Crippen LogP contribution in [0.4, 0.5) is 30.6 Å². The Kier molecular flexibility index (Phi) is 7.28. The molecule has 0 aromatic carbocycles. The number of rotatable bonds is 8. The average Bonchev–Trinajstić information content (AvgIpc) is 2.72. The number of ether oxygens (including phenoxy) is 1. The molecular formula is C19H24F3N7O3. The number of nitro groups is 1. The van der Waals surface area contributed by atoms with Crippen molar-refractivity contribution in [3.8, 4) is 5.88 Å². The standard InChI is InChI=1S/C19H24F3N7O3/c20-19(21,22)10-32-17-12(2-1-7-25-17)9-26-18-27-14(15(29(30)31)16(24)28-18)8-11-3-5-13(23)6-4-11/h1-2,7,11,13H,3-6,8-10,23H2,(H3,24,26,27,28)/t11-,13-. The highest BCUT2D eigenvalue weighted by Gasteiger charge is 2.29. The zero-order chi connectivity index (χ0) is 23.3. The molecule has 0 saturated heterocycles. The van der Waals surface area contributed by atoms with Gasteiger partial charge in [-0.1, -0.05) is 6.07 Å². The van der Waals surface area contributed by atoms with Gasteiger partial charge >= 0.3 is 11.9 Å². The average molecular weight is 455 g/mol. The van der Waals surface area contributed by atoms with Crippen molar-refractivity contribution in [1.82, 2.24) is 15.0 Å². The largest absolute Gasteiger partial charge is 0.468 e. The van der Waals surface area contributed by atoms with Crippen LogP contribution in [0.25, 0.3) is 0 Å². The maximum atomic E-state index is 12.5. The van der Waals surface area contributed by atoms with Crippen molar-refractivity contribution in [3.05, 3.63) is 39.7 Å². The van der Waals surface area contributed by atoms with Crippen LogP contribution in [0.3, 0.4) is 0 Å². The lowest BCUT2D eigenvalue weighted by Gasteiger charge is -2.25. The van der Waals surface area contributed by atoms with E-state index in [1.165, 1.54) is 12.3 Å². The summed E-state index contributed by atoms with van der Waals surface area (Å²) in [7, 11) is 0. The minimum atomic E-state index is -4.50. The quantitative estimate of drug-likeness (QED) is 0.402. The summed E-state index contributed by atoms with van der Waals surface area (Å²) in [6, 6.07) is 3.22. The van der Waals surface area contributed by atoms with Crippen LogP contribution >= 0.6 is 0 Å². The van der Waals surface area contributed by atoms with Crippen molar-refractivity contribution in [3.63, 3.8) is 0 Å². The van der Waals surface area contributed by atoms with Crippen LogP contribution < -0.4 is 21.5 Å². The van der Waals surface area contributed by atoms with E-state index >= 15 is 0 Å². The molecule has 1 aliphatic rings. The number of anilines is 2. The third-order valence-corrected chi connectivity index (χ3v) is 5.20. The van der Waals surface area contributed by atoms with Crippen molar-refractivity contribution >= 4 is 17.5 Å². The summed E-state index contributed by atoms with van der Waals surface area (Å²) in [4.78, 5) is 23.0. The van der Waals surface area contributed by atoms with E-state index in [1.54, 1.807) is 6.07 Å². The summed E-state index contributed by atoms with van der Waals surface area (Å²) >= 11 is 0. The van der Waals surface area contributed by atoms with Gasteiger partial charge in [-0.3, -0.25) is 10.1 Å². The molecule has 1 fully saturated rings. The first-order valence-electron chi connectivity index (χ1n) is 10.1. The van der Waals surface area contributed by atoms with Crippen LogP contribution in [0.5, 0.6) is 5.88 Å². The van der Waals surface area contributed by atoms with Crippen LogP contribution in [0.1, 0.15) is 36.9 Å². The predicted octanol–water partition coefficient (Wildman–Crippen LogP) is 2.98. The molecule has 0 radical (unpaired) electrons. The van der Waals surface area contributed by atoms with Gasteiger partial charge in [0.2, 0.25) is 17.6 Å². The first kappa shape index (κ1) is 23.4. The second-order valence-electron chi connectivity index (χ2n) is 7.69. The number of nitrogens with zero attached hydrogens (tertiary/aromatic N) is 4. The van der Waals surface area contributed by atoms with E-state index in [2.05, 4.69) is 20.3 Å². The van der Waals surface area contributed by atoms with Crippen molar-refractivity contribution in [1.29, 1.82) is 0 Å². The Hall–Kier alpha value is -3.22. The summed E-state index contributed by atoms with van der Waals surface area (Å²) in [5, 5.41) is 14.4. The summed E-state index contributed by atoms with van der Waals surface area (Å²) in [5.74, 6) is -0.252. The SMILES string of the molecule is Nc1nc(NCc2cccnc2OCC(F)(F)F)nc(C[C@H]2CC[C@H](N)CC2)c1[N+](=O)[O-]. The van der Waals surface area contributed by atoms with Crippen LogP contribution in [0.15, 0.2) is 18.3 Å². The molecule has 32 heavy (non-hydrogen) atoms. The van der Waals surface area contributed by atoms with Crippen LogP contribution in [-0.2, 0) is 13.0 Å². The second kappa shape index (κ2) is 9.94. The van der Waals surface area contributed by atoms with E-state index in [-0.39, 0.29) is 47.5 Å². The van der Waals surface area contributed by atoms with E-state index < -0.39 is 17.7 Å². The fourth-order valence-electron chi connectivity index (χ4n) is 3.62. The monoisotopic (exact) mass is 455 g/mol. The molecule has 5 N–H and O–H groups in total. The topological polar surface area (TPSA) is 155 Å². The smallest absolute Gasteiger partial charge is 0.422 e. The molecule has 2 aromatic rings. The van der Waals surface area contributed by atoms with Gasteiger partial charge in [-0.25, -0.2) is 9.97 Å². The van der Waals surface area contributed by atoms with Gasteiger partial charge in [0.1, 0.15) is 5.69 Å². The van der Waals surface area contributed by atoms with Gasteiger partial charge in [-0.2, -0.15) is 18.2 Å². The van der Waals surface area contributed by atoms with Crippen molar-refractivity contribution in [2.24, 2.45) is 11.7 Å². The van der Waals surface area contributed by atoms with E-state index in [4.69, 9.17) is 16.2 Å². The Morgan fingerprint density at radius 3 is 2.62 bits per heavy atom. The van der Waals surface area contributed by atoms with Gasteiger partial charge < -0.3 is 21.5 Å². The summed E-state index contributed by atoms with van der Waals surface area (Å²) < 4.78 is 42.2. The third kappa shape index (κ3) is 6.39. The zero-order valence-electron chi connectivity index (χ0n) is 17.1. The fraction of sp³-hybridized carbons (Fsp3) is 0.526. The molecule has 2 heterocycles. The molecule has 0 spiro atoms. The number of hydrogen-bond acceptors (Lipinski definition) is 9. The predicted molar refractivity (Wildman–Crippen MR) is 110 cm³/mol.